The van der Waals surface area contributed by atoms with Crippen molar-refractivity contribution in [2.75, 3.05) is 0 Å². The normalized spacial score (nSPS) is 33.3. The van der Waals surface area contributed by atoms with Gasteiger partial charge in [0.05, 0.1) is 6.10 Å². The molecular formula is C29H37NO2. The lowest BCUT2D eigenvalue weighted by molar-refractivity contribution is -0.0325. The fourth-order valence-corrected chi connectivity index (χ4v) is 7.58. The number of amides is 1. The number of aryl methyl sites for hydroxylation is 2. The Labute approximate surface area is 192 Å². The van der Waals surface area contributed by atoms with E-state index < -0.39 is 0 Å². The maximum atomic E-state index is 11.6. The van der Waals surface area contributed by atoms with E-state index in [4.69, 9.17) is 5.73 Å². The number of aliphatic hydroxyl groups excluding tert-OH is 1. The number of hydrogen-bond acceptors (Lipinski definition) is 2. The zero-order valence-corrected chi connectivity index (χ0v) is 19.5. The molecule has 3 nitrogen and oxygen atoms in total. The van der Waals surface area contributed by atoms with E-state index in [0.29, 0.717) is 23.3 Å². The Hall–Kier alpha value is -2.13. The third kappa shape index (κ3) is 3.59. The highest BCUT2D eigenvalue weighted by Gasteiger charge is 2.57. The van der Waals surface area contributed by atoms with Crippen LogP contribution in [0.15, 0.2) is 42.5 Å². The summed E-state index contributed by atoms with van der Waals surface area (Å²) >= 11 is 0. The smallest absolute Gasteiger partial charge is 0.248 e. The molecule has 3 aliphatic rings. The van der Waals surface area contributed by atoms with E-state index in [9.17, 15) is 9.90 Å². The number of nitrogens with two attached hydrogens (primary N) is 1. The van der Waals surface area contributed by atoms with Gasteiger partial charge in [0, 0.05) is 5.56 Å². The van der Waals surface area contributed by atoms with Crippen molar-refractivity contribution in [2.24, 2.45) is 28.9 Å². The van der Waals surface area contributed by atoms with E-state index in [1.165, 1.54) is 37.7 Å². The van der Waals surface area contributed by atoms with Gasteiger partial charge in [-0.2, -0.15) is 0 Å². The van der Waals surface area contributed by atoms with Crippen molar-refractivity contribution >= 4 is 5.91 Å². The third-order valence-electron chi connectivity index (χ3n) is 9.16. The lowest BCUT2D eigenvalue weighted by atomic mass is 9.55. The van der Waals surface area contributed by atoms with Crippen LogP contribution in [0.2, 0.25) is 0 Å². The number of carbonyl (C=O) groups is 1. The van der Waals surface area contributed by atoms with Crippen LogP contribution in [0, 0.1) is 23.2 Å². The van der Waals surface area contributed by atoms with Crippen LogP contribution in [0.25, 0.3) is 0 Å². The zero-order chi connectivity index (χ0) is 22.5. The summed E-state index contributed by atoms with van der Waals surface area (Å²) in [5.41, 5.74) is 11.8. The average Bonchev–Trinajstić information content (AvgIpc) is 3.04. The predicted molar refractivity (Wildman–Crippen MR) is 129 cm³/mol. The quantitative estimate of drug-likeness (QED) is 0.664. The van der Waals surface area contributed by atoms with Crippen molar-refractivity contribution in [3.63, 3.8) is 0 Å². The van der Waals surface area contributed by atoms with Crippen molar-refractivity contribution in [1.29, 1.82) is 0 Å². The molecule has 3 N–H and O–H groups in total. The van der Waals surface area contributed by atoms with E-state index in [0.717, 1.165) is 24.8 Å². The van der Waals surface area contributed by atoms with Gasteiger partial charge >= 0.3 is 0 Å². The summed E-state index contributed by atoms with van der Waals surface area (Å²) < 4.78 is 0. The monoisotopic (exact) mass is 431 g/mol. The molecule has 2 aromatic carbocycles. The van der Waals surface area contributed by atoms with E-state index in [-0.39, 0.29) is 23.3 Å². The lowest BCUT2D eigenvalue weighted by Gasteiger charge is -2.50. The van der Waals surface area contributed by atoms with Gasteiger partial charge < -0.3 is 10.8 Å². The van der Waals surface area contributed by atoms with E-state index in [1.54, 1.807) is 17.2 Å². The molecule has 0 aromatic heterocycles. The van der Waals surface area contributed by atoms with Crippen LogP contribution >= 0.6 is 0 Å². The molecule has 0 saturated heterocycles. The Morgan fingerprint density at radius 3 is 2.78 bits per heavy atom. The summed E-state index contributed by atoms with van der Waals surface area (Å²) in [7, 11) is 0. The Balaban J connectivity index is 1.38. The standard InChI is InChI=1S/C29H37NO2/c1-3-5-18-8-10-23-20(14-18)9-11-25-24(23)12-13-29(2)26(25)17-22(27(29)31)16-19-6-4-7-21(15-19)28(30)32/h4,6-8,10,14-15,22,24-27,31H,3,5,9,11-13,16-17H2,1-2H3,(H2,30,32). The summed E-state index contributed by atoms with van der Waals surface area (Å²) in [5.74, 6) is 1.76. The van der Waals surface area contributed by atoms with Gasteiger partial charge in [-0.05, 0) is 108 Å². The maximum absolute atomic E-state index is 11.6. The van der Waals surface area contributed by atoms with Gasteiger partial charge in [0.25, 0.3) is 0 Å². The van der Waals surface area contributed by atoms with Crippen molar-refractivity contribution in [3.05, 3.63) is 70.3 Å². The van der Waals surface area contributed by atoms with Crippen molar-refractivity contribution in [2.45, 2.75) is 77.2 Å². The van der Waals surface area contributed by atoms with Gasteiger partial charge in [-0.25, -0.2) is 0 Å². The minimum Gasteiger partial charge on any atom is -0.392 e. The summed E-state index contributed by atoms with van der Waals surface area (Å²) in [6.45, 7) is 4.60. The highest BCUT2D eigenvalue weighted by molar-refractivity contribution is 5.92. The number of benzene rings is 2. The lowest BCUT2D eigenvalue weighted by Crippen LogP contribution is -2.44. The third-order valence-corrected chi connectivity index (χ3v) is 9.16. The molecule has 6 atom stereocenters. The molecule has 1 amide bonds. The van der Waals surface area contributed by atoms with Crippen molar-refractivity contribution in [3.8, 4) is 0 Å². The topological polar surface area (TPSA) is 63.3 Å². The molecule has 32 heavy (non-hydrogen) atoms. The van der Waals surface area contributed by atoms with Gasteiger partial charge in [0.2, 0.25) is 5.91 Å². The molecule has 2 fully saturated rings. The van der Waals surface area contributed by atoms with Gasteiger partial charge in [0.1, 0.15) is 0 Å². The highest BCUT2D eigenvalue weighted by Crippen LogP contribution is 2.62. The fraction of sp³-hybridized carbons (Fsp3) is 0.552. The first-order valence-corrected chi connectivity index (χ1v) is 12.6. The maximum Gasteiger partial charge on any atom is 0.248 e. The Bertz CT molecular complexity index is 1010. The molecule has 6 unspecified atom stereocenters. The summed E-state index contributed by atoms with van der Waals surface area (Å²) in [4.78, 5) is 11.6. The van der Waals surface area contributed by atoms with E-state index >= 15 is 0 Å². The van der Waals surface area contributed by atoms with Gasteiger partial charge in [0.15, 0.2) is 0 Å². The Kier molecular flexibility index (Phi) is 5.65. The predicted octanol–water partition coefficient (Wildman–Crippen LogP) is 5.42. The molecule has 0 bridgehead atoms. The fourth-order valence-electron chi connectivity index (χ4n) is 7.58. The molecule has 0 spiro atoms. The molecule has 2 aromatic rings. The molecule has 3 heteroatoms. The summed E-state index contributed by atoms with van der Waals surface area (Å²) in [6, 6.07) is 14.9. The second-order valence-corrected chi connectivity index (χ2v) is 11.0. The van der Waals surface area contributed by atoms with Crippen molar-refractivity contribution in [1.82, 2.24) is 0 Å². The number of hydrogen-bond donors (Lipinski definition) is 2. The molecule has 2 saturated carbocycles. The molecular weight excluding hydrogens is 394 g/mol. The van der Waals surface area contributed by atoms with Crippen LogP contribution in [0.3, 0.4) is 0 Å². The molecule has 0 aliphatic heterocycles. The van der Waals surface area contributed by atoms with Crippen LogP contribution in [-0.2, 0) is 19.3 Å². The van der Waals surface area contributed by atoms with Crippen LogP contribution in [0.4, 0.5) is 0 Å². The van der Waals surface area contributed by atoms with Crippen LogP contribution in [0.1, 0.15) is 84.5 Å². The van der Waals surface area contributed by atoms with Crippen LogP contribution < -0.4 is 5.73 Å². The molecule has 0 radical (unpaired) electrons. The number of rotatable bonds is 5. The minimum atomic E-state index is -0.384. The minimum absolute atomic E-state index is 0.00673. The van der Waals surface area contributed by atoms with Gasteiger partial charge in [-0.3, -0.25) is 4.79 Å². The molecule has 0 heterocycles. The molecule has 170 valence electrons. The van der Waals surface area contributed by atoms with E-state index in [1.807, 2.05) is 12.1 Å². The molecule has 3 aliphatic carbocycles. The number of carbonyl (C=O) groups excluding carboxylic acids is 1. The SMILES string of the molecule is CCCc1ccc2c(c1)CCC1C2CCC2(C)C(O)C(Cc3cccc(C(N)=O)c3)CC12. The highest BCUT2D eigenvalue weighted by atomic mass is 16.3. The zero-order valence-electron chi connectivity index (χ0n) is 19.5. The number of fused-ring (bicyclic) bond motifs is 5. The van der Waals surface area contributed by atoms with Crippen molar-refractivity contribution < 1.29 is 9.90 Å². The average molecular weight is 432 g/mol. The first-order chi connectivity index (χ1) is 15.4. The summed E-state index contributed by atoms with van der Waals surface area (Å²) in [5, 5.41) is 11.5. The summed E-state index contributed by atoms with van der Waals surface area (Å²) in [6.07, 6.45) is 8.74. The van der Waals surface area contributed by atoms with Crippen LogP contribution in [0.5, 0.6) is 0 Å². The van der Waals surface area contributed by atoms with Crippen LogP contribution in [-0.4, -0.2) is 17.1 Å². The Morgan fingerprint density at radius 2 is 2.00 bits per heavy atom. The second-order valence-electron chi connectivity index (χ2n) is 11.0. The first kappa shape index (κ1) is 21.7. The Morgan fingerprint density at radius 1 is 1.16 bits per heavy atom. The first-order valence-electron chi connectivity index (χ1n) is 12.6. The molecule has 5 rings (SSSR count). The number of aliphatic hydroxyl groups is 1. The van der Waals surface area contributed by atoms with Gasteiger partial charge in [-0.1, -0.05) is 50.6 Å². The largest absolute Gasteiger partial charge is 0.392 e. The van der Waals surface area contributed by atoms with E-state index in [2.05, 4.69) is 38.1 Å². The van der Waals surface area contributed by atoms with Gasteiger partial charge in [-0.15, -0.1) is 0 Å². The second kappa shape index (κ2) is 8.33. The number of primary amides is 1.